The van der Waals surface area contributed by atoms with Crippen LogP contribution in [0.2, 0.25) is 0 Å². The first-order valence-corrected chi connectivity index (χ1v) is 7.92. The number of ether oxygens (including phenoxy) is 1. The third-order valence-electron chi connectivity index (χ3n) is 3.99. The summed E-state index contributed by atoms with van der Waals surface area (Å²) in [6.07, 6.45) is 15.4. The van der Waals surface area contributed by atoms with E-state index < -0.39 is 0 Å². The fraction of sp³-hybridized carbons (Fsp3) is 0.647. The molecule has 1 saturated heterocycles. The van der Waals surface area contributed by atoms with Gasteiger partial charge in [-0.15, -0.1) is 0 Å². The largest absolute Gasteiger partial charge is 0.379 e. The zero-order valence-electron chi connectivity index (χ0n) is 12.5. The molecule has 0 atom stereocenters. The maximum atomic E-state index is 5.59. The number of hydrogen-bond donors (Lipinski definition) is 1. The molecule has 112 valence electrons. The van der Waals surface area contributed by atoms with E-state index in [1.165, 1.54) is 31.3 Å². The lowest BCUT2D eigenvalue weighted by molar-refractivity contribution is 0.0426. The number of allylic oxidation sites excluding steroid dienone is 3. The lowest BCUT2D eigenvalue weighted by atomic mass is 9.96. The van der Waals surface area contributed by atoms with E-state index in [9.17, 15) is 0 Å². The van der Waals surface area contributed by atoms with Crippen LogP contribution < -0.4 is 5.73 Å². The highest BCUT2D eigenvalue weighted by molar-refractivity contribution is 5.24. The topological polar surface area (TPSA) is 38.5 Å². The molecule has 0 radical (unpaired) electrons. The zero-order valence-corrected chi connectivity index (χ0v) is 12.5. The first kappa shape index (κ1) is 15.5. The third kappa shape index (κ3) is 5.61. The smallest absolute Gasteiger partial charge is 0.0594 e. The van der Waals surface area contributed by atoms with Gasteiger partial charge >= 0.3 is 0 Å². The van der Waals surface area contributed by atoms with Crippen molar-refractivity contribution in [2.75, 3.05) is 39.4 Å². The van der Waals surface area contributed by atoms with Crippen molar-refractivity contribution in [3.05, 3.63) is 35.5 Å². The minimum absolute atomic E-state index is 0.614. The van der Waals surface area contributed by atoms with Crippen LogP contribution in [0.3, 0.4) is 0 Å². The number of hydrogen-bond acceptors (Lipinski definition) is 3. The maximum Gasteiger partial charge on any atom is 0.0594 e. The summed E-state index contributed by atoms with van der Waals surface area (Å²) in [4.78, 5) is 2.46. The summed E-state index contributed by atoms with van der Waals surface area (Å²) < 4.78 is 5.41. The van der Waals surface area contributed by atoms with E-state index in [4.69, 9.17) is 10.5 Å². The highest BCUT2D eigenvalue weighted by atomic mass is 16.5. The van der Waals surface area contributed by atoms with Crippen LogP contribution in [0.1, 0.15) is 32.1 Å². The summed E-state index contributed by atoms with van der Waals surface area (Å²) in [5, 5.41) is 0. The van der Waals surface area contributed by atoms with Crippen LogP contribution in [0.4, 0.5) is 0 Å². The van der Waals surface area contributed by atoms with Gasteiger partial charge in [0.25, 0.3) is 0 Å². The van der Waals surface area contributed by atoms with Gasteiger partial charge in [0.2, 0.25) is 0 Å². The molecule has 1 aliphatic heterocycles. The molecule has 0 spiro atoms. The van der Waals surface area contributed by atoms with Crippen molar-refractivity contribution >= 4 is 0 Å². The Kier molecular flexibility index (Phi) is 7.06. The van der Waals surface area contributed by atoms with Crippen molar-refractivity contribution in [3.63, 3.8) is 0 Å². The van der Waals surface area contributed by atoms with Gasteiger partial charge in [-0.05, 0) is 37.7 Å². The number of rotatable bonds is 6. The standard InChI is InChI=1S/C17H28N2O/c18-10-4-7-17(15-19-11-13-20-14-12-19)9-8-16-5-2-1-3-6-16/h4-5,7,9H,1-3,6,8,10-15,18H2/b7-4-,17-9+. The third-order valence-corrected chi connectivity index (χ3v) is 3.99. The van der Waals surface area contributed by atoms with Gasteiger partial charge in [0.1, 0.15) is 0 Å². The lowest BCUT2D eigenvalue weighted by Crippen LogP contribution is -2.37. The van der Waals surface area contributed by atoms with Crippen LogP contribution in [0.15, 0.2) is 35.5 Å². The summed E-state index contributed by atoms with van der Waals surface area (Å²) in [7, 11) is 0. The maximum absolute atomic E-state index is 5.59. The lowest BCUT2D eigenvalue weighted by Gasteiger charge is -2.27. The van der Waals surface area contributed by atoms with E-state index in [2.05, 4.69) is 29.2 Å². The van der Waals surface area contributed by atoms with Crippen LogP contribution >= 0.6 is 0 Å². The van der Waals surface area contributed by atoms with Gasteiger partial charge in [0.05, 0.1) is 13.2 Å². The van der Waals surface area contributed by atoms with Crippen molar-refractivity contribution in [1.82, 2.24) is 4.90 Å². The van der Waals surface area contributed by atoms with Crippen molar-refractivity contribution in [1.29, 1.82) is 0 Å². The Morgan fingerprint density at radius 1 is 1.30 bits per heavy atom. The molecule has 2 N–H and O–H groups in total. The van der Waals surface area contributed by atoms with Crippen LogP contribution in [-0.2, 0) is 4.74 Å². The van der Waals surface area contributed by atoms with Gasteiger partial charge in [-0.1, -0.05) is 29.9 Å². The van der Waals surface area contributed by atoms with Gasteiger partial charge < -0.3 is 10.5 Å². The molecule has 1 fully saturated rings. The van der Waals surface area contributed by atoms with E-state index in [1.54, 1.807) is 5.57 Å². The zero-order chi connectivity index (χ0) is 14.0. The fourth-order valence-electron chi connectivity index (χ4n) is 2.77. The van der Waals surface area contributed by atoms with Gasteiger partial charge in [0.15, 0.2) is 0 Å². The van der Waals surface area contributed by atoms with E-state index in [1.807, 2.05) is 0 Å². The van der Waals surface area contributed by atoms with Gasteiger partial charge in [-0.25, -0.2) is 0 Å². The number of morpholine rings is 1. The average Bonchev–Trinajstić information content (AvgIpc) is 2.52. The molecule has 2 aliphatic rings. The Morgan fingerprint density at radius 3 is 2.85 bits per heavy atom. The first-order valence-electron chi connectivity index (χ1n) is 7.92. The van der Waals surface area contributed by atoms with Crippen LogP contribution in [0, 0.1) is 0 Å². The predicted octanol–water partition coefficient (Wildman–Crippen LogP) is 2.65. The first-order chi connectivity index (χ1) is 9.88. The molecule has 0 aromatic carbocycles. The second kappa shape index (κ2) is 9.11. The van der Waals surface area contributed by atoms with E-state index in [-0.39, 0.29) is 0 Å². The summed E-state index contributed by atoms with van der Waals surface area (Å²) >= 11 is 0. The molecule has 3 nitrogen and oxygen atoms in total. The molecule has 0 saturated carbocycles. The molecule has 20 heavy (non-hydrogen) atoms. The Morgan fingerprint density at radius 2 is 2.15 bits per heavy atom. The summed E-state index contributed by atoms with van der Waals surface area (Å²) in [6, 6.07) is 0. The summed E-state index contributed by atoms with van der Waals surface area (Å²) in [6.45, 7) is 5.43. The molecular weight excluding hydrogens is 248 g/mol. The van der Waals surface area contributed by atoms with Crippen molar-refractivity contribution in [2.45, 2.75) is 32.1 Å². The highest BCUT2D eigenvalue weighted by Crippen LogP contribution is 2.21. The number of nitrogens with zero attached hydrogens (tertiary/aromatic N) is 1. The molecule has 2 rings (SSSR count). The second-order valence-corrected chi connectivity index (χ2v) is 5.62. The van der Waals surface area contributed by atoms with E-state index in [0.29, 0.717) is 6.54 Å². The average molecular weight is 276 g/mol. The molecule has 3 heteroatoms. The Labute approximate surface area is 123 Å². The summed E-state index contributed by atoms with van der Waals surface area (Å²) in [5.41, 5.74) is 8.59. The molecule has 0 amide bonds. The molecule has 0 bridgehead atoms. The monoisotopic (exact) mass is 276 g/mol. The fourth-order valence-corrected chi connectivity index (χ4v) is 2.77. The van der Waals surface area contributed by atoms with Crippen molar-refractivity contribution in [3.8, 4) is 0 Å². The quantitative estimate of drug-likeness (QED) is 0.599. The van der Waals surface area contributed by atoms with E-state index >= 15 is 0 Å². The minimum Gasteiger partial charge on any atom is -0.379 e. The molecule has 0 aromatic rings. The normalized spacial score (nSPS) is 22.2. The highest BCUT2D eigenvalue weighted by Gasteiger charge is 2.11. The molecule has 0 aromatic heterocycles. The molecular formula is C17H28N2O. The Bertz CT molecular complexity index is 365. The number of nitrogens with two attached hydrogens (primary N) is 1. The molecule has 0 unspecified atom stereocenters. The Balaban J connectivity index is 1.90. The van der Waals surface area contributed by atoms with Crippen LogP contribution in [-0.4, -0.2) is 44.3 Å². The van der Waals surface area contributed by atoms with Gasteiger partial charge in [-0.2, -0.15) is 0 Å². The predicted molar refractivity (Wildman–Crippen MR) is 84.7 cm³/mol. The SMILES string of the molecule is NC/C=C\C(=C/CC1=CCCCC1)CN1CCOCC1. The molecule has 1 heterocycles. The van der Waals surface area contributed by atoms with Gasteiger partial charge in [0, 0.05) is 26.2 Å². The van der Waals surface area contributed by atoms with Gasteiger partial charge in [-0.3, -0.25) is 4.90 Å². The van der Waals surface area contributed by atoms with Crippen LogP contribution in [0.25, 0.3) is 0 Å². The Hall–Kier alpha value is -0.900. The van der Waals surface area contributed by atoms with Crippen LogP contribution in [0.5, 0.6) is 0 Å². The second-order valence-electron chi connectivity index (χ2n) is 5.62. The van der Waals surface area contributed by atoms with Crippen molar-refractivity contribution < 1.29 is 4.74 Å². The van der Waals surface area contributed by atoms with E-state index in [0.717, 1.165) is 39.3 Å². The summed E-state index contributed by atoms with van der Waals surface area (Å²) in [5.74, 6) is 0. The minimum atomic E-state index is 0.614. The van der Waals surface area contributed by atoms with Crippen molar-refractivity contribution in [2.24, 2.45) is 5.73 Å². The molecule has 1 aliphatic carbocycles.